The molecule has 0 saturated heterocycles. The highest BCUT2D eigenvalue weighted by atomic mass is 35.5. The molecule has 0 atom stereocenters. The molecule has 0 aliphatic rings. The predicted octanol–water partition coefficient (Wildman–Crippen LogP) is 6.34. The quantitative estimate of drug-likeness (QED) is 0.304. The summed E-state index contributed by atoms with van der Waals surface area (Å²) < 4.78 is 6.99. The van der Waals surface area contributed by atoms with Crippen LogP contribution in [-0.4, -0.2) is 43.0 Å². The van der Waals surface area contributed by atoms with Crippen LogP contribution in [0, 0.1) is 0 Å². The van der Waals surface area contributed by atoms with Crippen molar-refractivity contribution >= 4 is 44.2 Å². The van der Waals surface area contributed by atoms with Crippen LogP contribution in [0.1, 0.15) is 16.8 Å². The summed E-state index contributed by atoms with van der Waals surface area (Å²) in [6.07, 6.45) is 0.810. The largest absolute Gasteiger partial charge is 0.457 e. The fourth-order valence-corrected chi connectivity index (χ4v) is 4.63. The number of hydrogen-bond acceptors (Lipinski definition) is 5. The van der Waals surface area contributed by atoms with Crippen molar-refractivity contribution in [2.24, 2.45) is 0 Å². The number of halogens is 1. The highest BCUT2D eigenvalue weighted by Crippen LogP contribution is 2.35. The van der Waals surface area contributed by atoms with Gasteiger partial charge in [0.05, 0.1) is 15.3 Å². The molecule has 164 valence electrons. The lowest BCUT2D eigenvalue weighted by atomic mass is 10.1. The molecule has 32 heavy (non-hydrogen) atoms. The summed E-state index contributed by atoms with van der Waals surface area (Å²) in [6, 6.07) is 22.5. The average molecular weight is 466 g/mol. The average Bonchev–Trinajstić information content (AvgIpc) is 3.23. The number of ether oxygens (including phenoxy) is 1. The minimum atomic E-state index is -0.148. The third kappa shape index (κ3) is 5.10. The van der Waals surface area contributed by atoms with Gasteiger partial charge in [-0.25, -0.2) is 4.98 Å². The number of benzene rings is 3. The van der Waals surface area contributed by atoms with Crippen LogP contribution in [0.25, 0.3) is 10.2 Å². The van der Waals surface area contributed by atoms with Gasteiger partial charge >= 0.3 is 0 Å². The van der Waals surface area contributed by atoms with E-state index >= 15 is 0 Å². The second-order valence-electron chi connectivity index (χ2n) is 7.61. The summed E-state index contributed by atoms with van der Waals surface area (Å²) in [7, 11) is 4.04. The number of para-hydroxylation sites is 3. The first kappa shape index (κ1) is 22.3. The van der Waals surface area contributed by atoms with Gasteiger partial charge in [0, 0.05) is 6.54 Å². The first-order valence-corrected chi connectivity index (χ1v) is 11.6. The zero-order valence-corrected chi connectivity index (χ0v) is 19.6. The van der Waals surface area contributed by atoms with Gasteiger partial charge in [-0.05, 0) is 63.5 Å². The summed E-state index contributed by atoms with van der Waals surface area (Å²) in [5, 5.41) is 1.21. The Morgan fingerprint density at radius 2 is 1.72 bits per heavy atom. The van der Waals surface area contributed by atoms with Gasteiger partial charge in [-0.15, -0.1) is 0 Å². The van der Waals surface area contributed by atoms with Crippen molar-refractivity contribution in [1.29, 1.82) is 0 Å². The Balaban J connectivity index is 1.69. The van der Waals surface area contributed by atoms with E-state index < -0.39 is 0 Å². The molecule has 0 unspecified atom stereocenters. The summed E-state index contributed by atoms with van der Waals surface area (Å²) in [6.45, 7) is 1.39. The molecule has 4 rings (SSSR count). The summed E-state index contributed by atoms with van der Waals surface area (Å²) in [5.41, 5.74) is 1.21. The van der Waals surface area contributed by atoms with Crippen LogP contribution in [0.3, 0.4) is 0 Å². The topological polar surface area (TPSA) is 45.7 Å². The van der Waals surface area contributed by atoms with E-state index in [2.05, 4.69) is 4.90 Å². The Kier molecular flexibility index (Phi) is 7.05. The maximum absolute atomic E-state index is 13.8. The molecule has 0 radical (unpaired) electrons. The van der Waals surface area contributed by atoms with Crippen LogP contribution in [0.5, 0.6) is 11.5 Å². The van der Waals surface area contributed by atoms with Gasteiger partial charge in [-0.1, -0.05) is 59.3 Å². The number of hydrogen-bond donors (Lipinski definition) is 0. The minimum Gasteiger partial charge on any atom is -0.457 e. The number of rotatable bonds is 8. The number of aromatic nitrogens is 1. The summed E-state index contributed by atoms with van der Waals surface area (Å²) >= 11 is 7.81. The molecule has 1 aromatic heterocycles. The lowest BCUT2D eigenvalue weighted by Crippen LogP contribution is -2.33. The van der Waals surface area contributed by atoms with E-state index in [0.29, 0.717) is 39.3 Å². The molecule has 0 N–H and O–H groups in total. The first-order valence-electron chi connectivity index (χ1n) is 10.4. The molecule has 5 nitrogen and oxygen atoms in total. The number of thiazole rings is 1. The molecule has 0 aliphatic carbocycles. The van der Waals surface area contributed by atoms with Crippen LogP contribution >= 0.6 is 22.9 Å². The Hall–Kier alpha value is -2.93. The van der Waals surface area contributed by atoms with Gasteiger partial charge in [-0.3, -0.25) is 9.69 Å². The molecule has 0 spiro atoms. The van der Waals surface area contributed by atoms with Crippen LogP contribution in [0.4, 0.5) is 5.13 Å². The fraction of sp³-hybridized carbons (Fsp3) is 0.200. The highest BCUT2D eigenvalue weighted by molar-refractivity contribution is 7.22. The van der Waals surface area contributed by atoms with Crippen molar-refractivity contribution in [1.82, 2.24) is 9.88 Å². The molecule has 0 saturated carbocycles. The maximum Gasteiger partial charge on any atom is 0.263 e. The van der Waals surface area contributed by atoms with Crippen molar-refractivity contribution in [3.63, 3.8) is 0 Å². The predicted molar refractivity (Wildman–Crippen MR) is 132 cm³/mol. The van der Waals surface area contributed by atoms with Crippen molar-refractivity contribution < 1.29 is 9.53 Å². The SMILES string of the molecule is CN(C)CCCN(C(=O)c1ccccc1Oc1ccccc1)c1nc2c(Cl)cccc2s1. The standard InChI is InChI=1S/C25H24ClN3O2S/c1-28(2)16-9-17-29(25-27-23-20(26)13-8-15-22(23)32-25)24(30)19-12-6-7-14-21(19)31-18-10-4-3-5-11-18/h3-8,10-15H,9,16-17H2,1-2H3. The van der Waals surface area contributed by atoms with Gasteiger partial charge in [-0.2, -0.15) is 0 Å². The van der Waals surface area contributed by atoms with Crippen LogP contribution in [-0.2, 0) is 0 Å². The zero-order valence-electron chi connectivity index (χ0n) is 18.0. The zero-order chi connectivity index (χ0) is 22.5. The number of carbonyl (C=O) groups is 1. The molecule has 1 amide bonds. The Morgan fingerprint density at radius 1 is 0.969 bits per heavy atom. The summed E-state index contributed by atoms with van der Waals surface area (Å²) in [5.74, 6) is 1.05. The monoisotopic (exact) mass is 465 g/mol. The Bertz CT molecular complexity index is 1210. The van der Waals surface area contributed by atoms with E-state index in [0.717, 1.165) is 17.7 Å². The highest BCUT2D eigenvalue weighted by Gasteiger charge is 2.24. The fourth-order valence-electron chi connectivity index (χ4n) is 3.34. The van der Waals surface area contributed by atoms with Gasteiger partial charge in [0.15, 0.2) is 5.13 Å². The number of anilines is 1. The van der Waals surface area contributed by atoms with E-state index in [-0.39, 0.29) is 5.91 Å². The van der Waals surface area contributed by atoms with Gasteiger partial charge in [0.25, 0.3) is 5.91 Å². The smallest absolute Gasteiger partial charge is 0.263 e. The van der Waals surface area contributed by atoms with Crippen molar-refractivity contribution in [2.45, 2.75) is 6.42 Å². The van der Waals surface area contributed by atoms with Crippen LogP contribution in [0.2, 0.25) is 5.02 Å². The van der Waals surface area contributed by atoms with E-state index in [1.54, 1.807) is 11.0 Å². The van der Waals surface area contributed by atoms with E-state index in [4.69, 9.17) is 21.3 Å². The Morgan fingerprint density at radius 3 is 2.47 bits per heavy atom. The maximum atomic E-state index is 13.8. The molecule has 7 heteroatoms. The van der Waals surface area contributed by atoms with Gasteiger partial charge in [0.1, 0.15) is 17.0 Å². The molecule has 0 fully saturated rings. The van der Waals surface area contributed by atoms with Gasteiger partial charge in [0.2, 0.25) is 0 Å². The normalized spacial score (nSPS) is 11.1. The first-order chi connectivity index (χ1) is 15.5. The molecule has 3 aromatic carbocycles. The molecule has 4 aromatic rings. The number of fused-ring (bicyclic) bond motifs is 1. The number of carbonyl (C=O) groups excluding carboxylic acids is 1. The second kappa shape index (κ2) is 10.1. The van der Waals surface area contributed by atoms with E-state index in [1.807, 2.05) is 80.8 Å². The third-order valence-corrected chi connectivity index (χ3v) is 6.26. The Labute approximate surface area is 196 Å². The van der Waals surface area contributed by atoms with E-state index in [1.165, 1.54) is 11.3 Å². The van der Waals surface area contributed by atoms with E-state index in [9.17, 15) is 4.79 Å². The molecule has 0 bridgehead atoms. The number of nitrogens with zero attached hydrogens (tertiary/aromatic N) is 3. The summed E-state index contributed by atoms with van der Waals surface area (Å²) in [4.78, 5) is 22.3. The third-order valence-electron chi connectivity index (χ3n) is 4.91. The van der Waals surface area contributed by atoms with Crippen LogP contribution < -0.4 is 9.64 Å². The lowest BCUT2D eigenvalue weighted by Gasteiger charge is -2.22. The molecule has 1 heterocycles. The molecule has 0 aliphatic heterocycles. The van der Waals surface area contributed by atoms with Gasteiger partial charge < -0.3 is 9.64 Å². The number of amides is 1. The lowest BCUT2D eigenvalue weighted by molar-refractivity contribution is 0.0984. The molecular formula is C25H24ClN3O2S. The van der Waals surface area contributed by atoms with Crippen molar-refractivity contribution in [3.05, 3.63) is 83.4 Å². The second-order valence-corrected chi connectivity index (χ2v) is 9.02. The minimum absolute atomic E-state index is 0.148. The van der Waals surface area contributed by atoms with Crippen LogP contribution in [0.15, 0.2) is 72.8 Å². The van der Waals surface area contributed by atoms with Crippen molar-refractivity contribution in [2.75, 3.05) is 32.1 Å². The van der Waals surface area contributed by atoms with Crippen molar-refractivity contribution in [3.8, 4) is 11.5 Å². The molecular weight excluding hydrogens is 442 g/mol.